The zero-order valence-electron chi connectivity index (χ0n) is 12.2. The molecule has 0 heterocycles. The Balaban J connectivity index is 2.14. The van der Waals surface area contributed by atoms with Gasteiger partial charge in [0.15, 0.2) is 0 Å². The maximum absolute atomic E-state index is 11.8. The molecule has 0 spiro atoms. The average molecular weight is 332 g/mol. The number of carbonyl (C=O) groups is 1. The van der Waals surface area contributed by atoms with Gasteiger partial charge in [-0.2, -0.15) is 0 Å². The molecule has 2 nitrogen and oxygen atoms in total. The molecule has 1 atom stereocenters. The predicted molar refractivity (Wildman–Crippen MR) is 95.4 cm³/mol. The quantitative estimate of drug-likeness (QED) is 0.759. The van der Waals surface area contributed by atoms with Gasteiger partial charge in [0, 0.05) is 11.6 Å². The molecule has 22 heavy (non-hydrogen) atoms. The molecular formula is C18H18ClNOS. The van der Waals surface area contributed by atoms with Crippen LogP contribution in [0.25, 0.3) is 0 Å². The summed E-state index contributed by atoms with van der Waals surface area (Å²) in [6, 6.07) is 17.9. The number of benzene rings is 2. The lowest BCUT2D eigenvalue weighted by atomic mass is 10.0. The van der Waals surface area contributed by atoms with Crippen LogP contribution >= 0.6 is 23.4 Å². The van der Waals surface area contributed by atoms with Crippen LogP contribution < -0.4 is 5.32 Å². The lowest BCUT2D eigenvalue weighted by Gasteiger charge is -2.17. The van der Waals surface area contributed by atoms with Gasteiger partial charge < -0.3 is 5.32 Å². The van der Waals surface area contributed by atoms with Gasteiger partial charge in [-0.1, -0.05) is 60.1 Å². The SMILES string of the molecule is C=CCNC(=O)CS[C@@H](c1ccccc1)c1ccc(Cl)cc1. The van der Waals surface area contributed by atoms with Crippen molar-refractivity contribution in [1.29, 1.82) is 0 Å². The van der Waals surface area contributed by atoms with Crippen LogP contribution in [0, 0.1) is 0 Å². The average Bonchev–Trinajstić information content (AvgIpc) is 2.55. The molecule has 0 saturated carbocycles. The van der Waals surface area contributed by atoms with E-state index in [1.807, 2.05) is 42.5 Å². The van der Waals surface area contributed by atoms with Crippen LogP contribution in [0.3, 0.4) is 0 Å². The third kappa shape index (κ3) is 4.93. The van der Waals surface area contributed by atoms with Gasteiger partial charge in [0.1, 0.15) is 0 Å². The van der Waals surface area contributed by atoms with E-state index in [1.54, 1.807) is 17.8 Å². The zero-order chi connectivity index (χ0) is 15.8. The van der Waals surface area contributed by atoms with E-state index in [0.29, 0.717) is 17.3 Å². The third-order valence-corrected chi connectivity index (χ3v) is 4.66. The summed E-state index contributed by atoms with van der Waals surface area (Å²) in [4.78, 5) is 11.8. The standard InChI is InChI=1S/C18H18ClNOS/c1-2-12-20-17(21)13-22-18(14-6-4-3-5-7-14)15-8-10-16(19)11-9-15/h2-11,18H,1,12-13H2,(H,20,21)/t18-/m0/s1. The summed E-state index contributed by atoms with van der Waals surface area (Å²) in [5.41, 5.74) is 2.31. The van der Waals surface area contributed by atoms with Crippen molar-refractivity contribution < 1.29 is 4.79 Å². The molecule has 2 aromatic rings. The molecule has 0 bridgehead atoms. The fraction of sp³-hybridized carbons (Fsp3) is 0.167. The van der Waals surface area contributed by atoms with Gasteiger partial charge in [0.2, 0.25) is 5.91 Å². The lowest BCUT2D eigenvalue weighted by Crippen LogP contribution is -2.25. The zero-order valence-corrected chi connectivity index (χ0v) is 13.7. The van der Waals surface area contributed by atoms with Crippen molar-refractivity contribution in [1.82, 2.24) is 5.32 Å². The first-order valence-electron chi connectivity index (χ1n) is 7.00. The molecule has 114 valence electrons. The van der Waals surface area contributed by atoms with E-state index in [-0.39, 0.29) is 11.2 Å². The molecule has 4 heteroatoms. The van der Waals surface area contributed by atoms with Crippen LogP contribution in [-0.4, -0.2) is 18.2 Å². The first-order valence-corrected chi connectivity index (χ1v) is 8.43. The van der Waals surface area contributed by atoms with Crippen molar-refractivity contribution in [2.24, 2.45) is 0 Å². The number of amides is 1. The van der Waals surface area contributed by atoms with E-state index >= 15 is 0 Å². The Morgan fingerprint density at radius 3 is 2.41 bits per heavy atom. The molecule has 0 aliphatic heterocycles. The lowest BCUT2D eigenvalue weighted by molar-refractivity contribution is -0.118. The largest absolute Gasteiger partial charge is 0.352 e. The topological polar surface area (TPSA) is 29.1 Å². The molecular weight excluding hydrogens is 314 g/mol. The number of thioether (sulfide) groups is 1. The number of nitrogens with one attached hydrogen (secondary N) is 1. The molecule has 1 N–H and O–H groups in total. The molecule has 1 amide bonds. The highest BCUT2D eigenvalue weighted by atomic mass is 35.5. The minimum Gasteiger partial charge on any atom is -0.352 e. The van der Waals surface area contributed by atoms with Crippen LogP contribution in [0.15, 0.2) is 67.3 Å². The van der Waals surface area contributed by atoms with Crippen molar-refractivity contribution >= 4 is 29.3 Å². The highest BCUT2D eigenvalue weighted by Crippen LogP contribution is 2.35. The van der Waals surface area contributed by atoms with E-state index in [0.717, 1.165) is 5.56 Å². The summed E-state index contributed by atoms with van der Waals surface area (Å²) >= 11 is 7.57. The monoisotopic (exact) mass is 331 g/mol. The van der Waals surface area contributed by atoms with Gasteiger partial charge in [-0.3, -0.25) is 4.79 Å². The maximum atomic E-state index is 11.8. The second kappa shape index (κ2) is 8.66. The van der Waals surface area contributed by atoms with Crippen molar-refractivity contribution in [3.8, 4) is 0 Å². The van der Waals surface area contributed by atoms with Crippen LogP contribution in [0.1, 0.15) is 16.4 Å². The Hall–Kier alpha value is -1.71. The van der Waals surface area contributed by atoms with Crippen molar-refractivity contribution in [3.05, 3.63) is 83.4 Å². The van der Waals surface area contributed by atoms with Crippen LogP contribution in [0.2, 0.25) is 5.02 Å². The Labute approximate surface area is 140 Å². The van der Waals surface area contributed by atoms with Crippen LogP contribution in [-0.2, 0) is 4.79 Å². The fourth-order valence-electron chi connectivity index (χ4n) is 2.05. The molecule has 0 unspecified atom stereocenters. The second-order valence-corrected chi connectivity index (χ2v) is 6.28. The summed E-state index contributed by atoms with van der Waals surface area (Å²) in [7, 11) is 0. The van der Waals surface area contributed by atoms with Crippen LogP contribution in [0.4, 0.5) is 0 Å². The smallest absolute Gasteiger partial charge is 0.230 e. The molecule has 2 rings (SSSR count). The number of hydrogen-bond acceptors (Lipinski definition) is 2. The summed E-state index contributed by atoms with van der Waals surface area (Å²) in [5, 5.41) is 3.62. The molecule has 0 aromatic heterocycles. The predicted octanol–water partition coefficient (Wildman–Crippen LogP) is 4.46. The molecule has 0 aliphatic rings. The summed E-state index contributed by atoms with van der Waals surface area (Å²) in [6.07, 6.45) is 1.68. The van der Waals surface area contributed by atoms with Crippen LogP contribution in [0.5, 0.6) is 0 Å². The number of carbonyl (C=O) groups excluding carboxylic acids is 1. The third-order valence-electron chi connectivity index (χ3n) is 3.10. The highest BCUT2D eigenvalue weighted by molar-refractivity contribution is 8.00. The summed E-state index contributed by atoms with van der Waals surface area (Å²) in [5.74, 6) is 0.413. The Morgan fingerprint density at radius 2 is 1.77 bits per heavy atom. The molecule has 0 aliphatic carbocycles. The fourth-order valence-corrected chi connectivity index (χ4v) is 3.29. The first-order chi connectivity index (χ1) is 10.7. The van der Waals surface area contributed by atoms with Gasteiger partial charge in [-0.05, 0) is 23.3 Å². The van der Waals surface area contributed by atoms with Gasteiger partial charge in [-0.25, -0.2) is 0 Å². The summed E-state index contributed by atoms with van der Waals surface area (Å²) < 4.78 is 0. The minimum atomic E-state index is 0.0137. The number of hydrogen-bond donors (Lipinski definition) is 1. The maximum Gasteiger partial charge on any atom is 0.230 e. The van der Waals surface area contributed by atoms with Gasteiger partial charge >= 0.3 is 0 Å². The molecule has 0 fully saturated rings. The van der Waals surface area contributed by atoms with Gasteiger partial charge in [0.25, 0.3) is 0 Å². The number of halogens is 1. The van der Waals surface area contributed by atoms with E-state index in [2.05, 4.69) is 24.0 Å². The van der Waals surface area contributed by atoms with E-state index in [1.165, 1.54) is 5.56 Å². The Kier molecular flexibility index (Phi) is 6.56. The normalized spacial score (nSPS) is 11.7. The second-order valence-electron chi connectivity index (χ2n) is 4.75. The first kappa shape index (κ1) is 16.7. The van der Waals surface area contributed by atoms with Gasteiger partial charge in [-0.15, -0.1) is 18.3 Å². The van der Waals surface area contributed by atoms with Crippen molar-refractivity contribution in [3.63, 3.8) is 0 Å². The van der Waals surface area contributed by atoms with E-state index in [9.17, 15) is 4.79 Å². The minimum absolute atomic E-state index is 0.0137. The highest BCUT2D eigenvalue weighted by Gasteiger charge is 2.16. The van der Waals surface area contributed by atoms with E-state index in [4.69, 9.17) is 11.6 Å². The summed E-state index contributed by atoms with van der Waals surface area (Å²) in [6.45, 7) is 4.09. The number of rotatable bonds is 7. The molecule has 0 radical (unpaired) electrons. The van der Waals surface area contributed by atoms with Gasteiger partial charge in [0.05, 0.1) is 11.0 Å². The molecule has 2 aromatic carbocycles. The van der Waals surface area contributed by atoms with Crippen molar-refractivity contribution in [2.75, 3.05) is 12.3 Å². The van der Waals surface area contributed by atoms with Crippen molar-refractivity contribution in [2.45, 2.75) is 5.25 Å². The Bertz CT molecular complexity index is 613. The van der Waals surface area contributed by atoms with E-state index < -0.39 is 0 Å². The Morgan fingerprint density at radius 1 is 1.14 bits per heavy atom. The molecule has 0 saturated heterocycles.